The number of aromatic nitrogens is 3. The zero-order chi connectivity index (χ0) is 23.1. The lowest BCUT2D eigenvalue weighted by Crippen LogP contribution is -2.17. The molecule has 0 atom stereocenters. The fourth-order valence-electron chi connectivity index (χ4n) is 2.71. The van der Waals surface area contributed by atoms with E-state index in [9.17, 15) is 18.0 Å². The highest BCUT2D eigenvalue weighted by Crippen LogP contribution is 2.30. The smallest absolute Gasteiger partial charge is 0.416 e. The number of methoxy groups -OCH3 is 1. The average molecular weight is 466 g/mol. The minimum Gasteiger partial charge on any atom is -0.497 e. The van der Waals surface area contributed by atoms with E-state index >= 15 is 0 Å². The topological polar surface area (TPSA) is 78.3 Å². The zero-order valence-electron chi connectivity index (χ0n) is 17.3. The van der Waals surface area contributed by atoms with Crippen molar-refractivity contribution in [1.82, 2.24) is 14.8 Å². The van der Waals surface area contributed by atoms with Gasteiger partial charge in [0.05, 0.1) is 25.7 Å². The van der Waals surface area contributed by atoms with Crippen LogP contribution >= 0.6 is 11.8 Å². The molecule has 2 aromatic carbocycles. The molecule has 1 N–H and O–H groups in total. The first-order valence-corrected chi connectivity index (χ1v) is 10.5. The van der Waals surface area contributed by atoms with Crippen LogP contribution in [0.25, 0.3) is 0 Å². The van der Waals surface area contributed by atoms with E-state index in [1.807, 2.05) is 24.3 Å². The highest BCUT2D eigenvalue weighted by molar-refractivity contribution is 7.99. The molecule has 1 aromatic heterocycles. The Morgan fingerprint density at radius 2 is 1.84 bits per heavy atom. The molecule has 3 rings (SSSR count). The van der Waals surface area contributed by atoms with Gasteiger partial charge in [-0.2, -0.15) is 13.2 Å². The van der Waals surface area contributed by atoms with Crippen LogP contribution in [0.15, 0.2) is 53.7 Å². The van der Waals surface area contributed by atoms with E-state index in [4.69, 9.17) is 9.47 Å². The Bertz CT molecular complexity index is 1060. The minimum absolute atomic E-state index is 0.0669. The molecule has 1 heterocycles. The molecule has 3 aromatic rings. The molecule has 0 aliphatic rings. The number of halogens is 3. The molecule has 0 saturated heterocycles. The number of hydrogen-bond acceptors (Lipinski definition) is 6. The summed E-state index contributed by atoms with van der Waals surface area (Å²) in [6, 6.07) is 11.7. The van der Waals surface area contributed by atoms with Gasteiger partial charge in [-0.15, -0.1) is 10.2 Å². The third-order valence-corrected chi connectivity index (χ3v) is 5.34. The summed E-state index contributed by atoms with van der Waals surface area (Å²) in [5.74, 6) is 1.98. The van der Waals surface area contributed by atoms with Crippen molar-refractivity contribution >= 4 is 23.4 Å². The molecule has 0 aliphatic carbocycles. The summed E-state index contributed by atoms with van der Waals surface area (Å²) in [5, 5.41) is 11.1. The lowest BCUT2D eigenvalue weighted by Gasteiger charge is -2.10. The molecule has 0 saturated carbocycles. The SMILES string of the molecule is COc1ccc(OCCSc2nnc(CC(=O)Nc3cccc(C(F)(F)F)c3)n2C)cc1. The van der Waals surface area contributed by atoms with Crippen molar-refractivity contribution < 1.29 is 27.4 Å². The molecule has 7 nitrogen and oxygen atoms in total. The Labute approximate surface area is 186 Å². The van der Waals surface area contributed by atoms with Gasteiger partial charge in [0.2, 0.25) is 5.91 Å². The van der Waals surface area contributed by atoms with Gasteiger partial charge < -0.3 is 19.4 Å². The Hall–Kier alpha value is -3.21. The van der Waals surface area contributed by atoms with E-state index in [1.165, 1.54) is 23.9 Å². The number of alkyl halides is 3. The Kier molecular flexibility index (Phi) is 7.62. The van der Waals surface area contributed by atoms with Crippen molar-refractivity contribution in [3.63, 3.8) is 0 Å². The Morgan fingerprint density at radius 3 is 2.53 bits per heavy atom. The van der Waals surface area contributed by atoms with Gasteiger partial charge in [-0.3, -0.25) is 4.79 Å². The summed E-state index contributed by atoms with van der Waals surface area (Å²) < 4.78 is 50.9. The van der Waals surface area contributed by atoms with Crippen LogP contribution in [0.5, 0.6) is 11.5 Å². The lowest BCUT2D eigenvalue weighted by molar-refractivity contribution is -0.137. The van der Waals surface area contributed by atoms with Crippen LogP contribution in [0.4, 0.5) is 18.9 Å². The number of benzene rings is 2. The number of amides is 1. The van der Waals surface area contributed by atoms with Crippen LogP contribution < -0.4 is 14.8 Å². The zero-order valence-corrected chi connectivity index (χ0v) is 18.2. The molecule has 0 radical (unpaired) electrons. The van der Waals surface area contributed by atoms with Crippen LogP contribution in [0.2, 0.25) is 0 Å². The molecule has 170 valence electrons. The first kappa shape index (κ1) is 23.5. The normalized spacial score (nSPS) is 11.3. The lowest BCUT2D eigenvalue weighted by atomic mass is 10.2. The summed E-state index contributed by atoms with van der Waals surface area (Å²) in [7, 11) is 3.32. The summed E-state index contributed by atoms with van der Waals surface area (Å²) in [5.41, 5.74) is -0.762. The third-order valence-electron chi connectivity index (χ3n) is 4.36. The monoisotopic (exact) mass is 466 g/mol. The Morgan fingerprint density at radius 1 is 1.12 bits per heavy atom. The first-order valence-electron chi connectivity index (χ1n) is 9.51. The predicted molar refractivity (Wildman–Crippen MR) is 114 cm³/mol. The number of carbonyl (C=O) groups is 1. The van der Waals surface area contributed by atoms with Crippen LogP contribution in [-0.4, -0.2) is 40.1 Å². The van der Waals surface area contributed by atoms with Gasteiger partial charge in [-0.1, -0.05) is 17.8 Å². The second kappa shape index (κ2) is 10.4. The maximum absolute atomic E-state index is 12.8. The summed E-state index contributed by atoms with van der Waals surface area (Å²) in [4.78, 5) is 12.3. The van der Waals surface area contributed by atoms with E-state index in [0.29, 0.717) is 23.3 Å². The molecule has 0 fully saturated rings. The van der Waals surface area contributed by atoms with Crippen molar-refractivity contribution in [2.75, 3.05) is 24.8 Å². The van der Waals surface area contributed by atoms with Crippen LogP contribution in [0, 0.1) is 0 Å². The summed E-state index contributed by atoms with van der Waals surface area (Å²) in [6.07, 6.45) is -4.60. The van der Waals surface area contributed by atoms with Gasteiger partial charge in [0, 0.05) is 18.5 Å². The molecule has 1 amide bonds. The molecular weight excluding hydrogens is 445 g/mol. The van der Waals surface area contributed by atoms with Gasteiger partial charge in [-0.05, 0) is 42.5 Å². The molecule has 0 bridgehead atoms. The molecule has 32 heavy (non-hydrogen) atoms. The van der Waals surface area contributed by atoms with Crippen molar-refractivity contribution in [2.45, 2.75) is 17.8 Å². The molecule has 0 aliphatic heterocycles. The van der Waals surface area contributed by atoms with Crippen LogP contribution in [0.3, 0.4) is 0 Å². The van der Waals surface area contributed by atoms with Crippen LogP contribution in [0.1, 0.15) is 11.4 Å². The third kappa shape index (κ3) is 6.39. The van der Waals surface area contributed by atoms with E-state index in [0.717, 1.165) is 23.6 Å². The quantitative estimate of drug-likeness (QED) is 0.376. The number of rotatable bonds is 9. The Balaban J connectivity index is 1.49. The van der Waals surface area contributed by atoms with E-state index in [1.54, 1.807) is 18.7 Å². The molecule has 0 unspecified atom stereocenters. The minimum atomic E-state index is -4.48. The largest absolute Gasteiger partial charge is 0.497 e. The standard InChI is InChI=1S/C21H21F3N4O3S/c1-28-18(13-19(29)25-15-5-3-4-14(12-15)21(22,23)24)26-27-20(28)32-11-10-31-17-8-6-16(30-2)7-9-17/h3-9,12H,10-11,13H2,1-2H3,(H,25,29). The predicted octanol–water partition coefficient (Wildman–Crippen LogP) is 4.19. The number of hydrogen-bond donors (Lipinski definition) is 1. The van der Waals surface area contributed by atoms with Gasteiger partial charge in [0.15, 0.2) is 5.16 Å². The highest BCUT2D eigenvalue weighted by atomic mass is 32.2. The fourth-order valence-corrected chi connectivity index (χ4v) is 3.46. The van der Waals surface area contributed by atoms with E-state index < -0.39 is 17.6 Å². The number of nitrogens with one attached hydrogen (secondary N) is 1. The average Bonchev–Trinajstić information content (AvgIpc) is 3.10. The number of carbonyl (C=O) groups excluding carboxylic acids is 1. The van der Waals surface area contributed by atoms with Gasteiger partial charge in [0.1, 0.15) is 17.3 Å². The summed E-state index contributed by atoms with van der Waals surface area (Å²) >= 11 is 1.41. The van der Waals surface area contributed by atoms with Gasteiger partial charge in [0.25, 0.3) is 0 Å². The molecule has 11 heteroatoms. The van der Waals surface area contributed by atoms with Crippen molar-refractivity contribution in [1.29, 1.82) is 0 Å². The number of nitrogens with zero attached hydrogens (tertiary/aromatic N) is 3. The van der Waals surface area contributed by atoms with E-state index in [-0.39, 0.29) is 12.1 Å². The second-order valence-electron chi connectivity index (χ2n) is 6.63. The number of anilines is 1. The number of ether oxygens (including phenoxy) is 2. The molecule has 0 spiro atoms. The van der Waals surface area contributed by atoms with Crippen molar-refractivity contribution in [3.05, 3.63) is 59.9 Å². The second-order valence-corrected chi connectivity index (χ2v) is 7.70. The van der Waals surface area contributed by atoms with Crippen molar-refractivity contribution in [2.24, 2.45) is 7.05 Å². The maximum atomic E-state index is 12.8. The van der Waals surface area contributed by atoms with Gasteiger partial charge in [-0.25, -0.2) is 0 Å². The fraction of sp³-hybridized carbons (Fsp3) is 0.286. The van der Waals surface area contributed by atoms with E-state index in [2.05, 4.69) is 15.5 Å². The van der Waals surface area contributed by atoms with Crippen LogP contribution in [-0.2, 0) is 24.4 Å². The maximum Gasteiger partial charge on any atom is 0.416 e. The molecular formula is C21H21F3N4O3S. The highest BCUT2D eigenvalue weighted by Gasteiger charge is 2.30. The number of thioether (sulfide) groups is 1. The summed E-state index contributed by atoms with van der Waals surface area (Å²) in [6.45, 7) is 0.440. The van der Waals surface area contributed by atoms with Gasteiger partial charge >= 0.3 is 6.18 Å². The van der Waals surface area contributed by atoms with Crippen molar-refractivity contribution in [3.8, 4) is 11.5 Å². The first-order chi connectivity index (χ1) is 15.3.